The first-order valence-electron chi connectivity index (χ1n) is 5.78. The molecule has 0 atom stereocenters. The first-order chi connectivity index (χ1) is 8.77. The average molecular weight is 263 g/mol. The van der Waals surface area contributed by atoms with Gasteiger partial charge in [0.05, 0.1) is 13.2 Å². The van der Waals surface area contributed by atoms with Crippen molar-refractivity contribution in [3.63, 3.8) is 0 Å². The zero-order chi connectivity index (χ0) is 12.8. The maximum absolute atomic E-state index is 6.05. The molecule has 0 aliphatic heterocycles. The van der Waals surface area contributed by atoms with Crippen molar-refractivity contribution in [3.8, 4) is 0 Å². The van der Waals surface area contributed by atoms with E-state index < -0.39 is 0 Å². The molecule has 0 saturated carbocycles. The van der Waals surface area contributed by atoms with Crippen molar-refractivity contribution in [2.75, 3.05) is 12.3 Å². The summed E-state index contributed by atoms with van der Waals surface area (Å²) in [4.78, 5) is 4.23. The number of nitrogen functional groups attached to an aromatic ring is 1. The van der Waals surface area contributed by atoms with Gasteiger partial charge in [-0.1, -0.05) is 23.7 Å². The second kappa shape index (κ2) is 6.38. The van der Waals surface area contributed by atoms with Gasteiger partial charge in [0.25, 0.3) is 0 Å². The van der Waals surface area contributed by atoms with E-state index in [0.29, 0.717) is 23.9 Å². The number of hydrogen-bond donors (Lipinski definition) is 1. The molecule has 4 heteroatoms. The summed E-state index contributed by atoms with van der Waals surface area (Å²) in [5, 5.41) is 0.646. The van der Waals surface area contributed by atoms with E-state index in [2.05, 4.69) is 4.98 Å². The summed E-state index contributed by atoms with van der Waals surface area (Å²) in [5.74, 6) is 0. The lowest BCUT2D eigenvalue weighted by Crippen LogP contribution is -2.03. The Balaban J connectivity index is 1.82. The number of ether oxygens (including phenoxy) is 1. The summed E-state index contributed by atoms with van der Waals surface area (Å²) in [5.41, 5.74) is 8.37. The van der Waals surface area contributed by atoms with Crippen LogP contribution in [0.15, 0.2) is 42.6 Å². The predicted molar refractivity (Wildman–Crippen MR) is 73.5 cm³/mol. The quantitative estimate of drug-likeness (QED) is 0.665. The van der Waals surface area contributed by atoms with Crippen LogP contribution in [0.3, 0.4) is 0 Å². The van der Waals surface area contributed by atoms with Crippen molar-refractivity contribution in [1.82, 2.24) is 4.98 Å². The Morgan fingerprint density at radius 3 is 2.78 bits per heavy atom. The van der Waals surface area contributed by atoms with Gasteiger partial charge in [-0.15, -0.1) is 0 Å². The molecule has 0 saturated heterocycles. The van der Waals surface area contributed by atoms with E-state index in [1.165, 1.54) is 0 Å². The second-order valence-corrected chi connectivity index (χ2v) is 4.34. The van der Waals surface area contributed by atoms with E-state index >= 15 is 0 Å². The molecular formula is C14H15ClN2O. The van der Waals surface area contributed by atoms with Gasteiger partial charge in [-0.25, -0.2) is 0 Å². The minimum atomic E-state index is 0.429. The Labute approximate surface area is 112 Å². The lowest BCUT2D eigenvalue weighted by Gasteiger charge is -2.08. The lowest BCUT2D eigenvalue weighted by atomic mass is 10.2. The number of anilines is 1. The van der Waals surface area contributed by atoms with Gasteiger partial charge in [-0.3, -0.25) is 4.98 Å². The number of nitrogens with two attached hydrogens (primary N) is 1. The molecule has 0 aliphatic carbocycles. The standard InChI is InChI=1S/C14H15ClN2O/c15-13-5-3-6-14(16)12(13)10-18-9-7-11-4-1-2-8-17-11/h1-6,8H,7,9-10,16H2. The zero-order valence-electron chi connectivity index (χ0n) is 9.97. The monoisotopic (exact) mass is 262 g/mol. The molecule has 2 rings (SSSR count). The molecule has 1 heterocycles. The van der Waals surface area contributed by atoms with Crippen molar-refractivity contribution in [2.24, 2.45) is 0 Å². The fraction of sp³-hybridized carbons (Fsp3) is 0.214. The molecular weight excluding hydrogens is 248 g/mol. The fourth-order valence-electron chi connectivity index (χ4n) is 1.62. The first-order valence-corrected chi connectivity index (χ1v) is 6.15. The maximum Gasteiger partial charge on any atom is 0.0751 e. The minimum Gasteiger partial charge on any atom is -0.398 e. The Morgan fingerprint density at radius 1 is 1.17 bits per heavy atom. The number of benzene rings is 1. The average Bonchev–Trinajstić information content (AvgIpc) is 2.38. The predicted octanol–water partition coefficient (Wildman–Crippen LogP) is 3.08. The number of halogens is 1. The van der Waals surface area contributed by atoms with Crippen LogP contribution in [0.1, 0.15) is 11.3 Å². The summed E-state index contributed by atoms with van der Waals surface area (Å²) >= 11 is 6.05. The normalized spacial score (nSPS) is 10.5. The van der Waals surface area contributed by atoms with Crippen LogP contribution in [-0.2, 0) is 17.8 Å². The van der Waals surface area contributed by atoms with Crippen molar-refractivity contribution in [1.29, 1.82) is 0 Å². The SMILES string of the molecule is Nc1cccc(Cl)c1COCCc1ccccn1. The molecule has 1 aromatic carbocycles. The summed E-state index contributed by atoms with van der Waals surface area (Å²) in [6, 6.07) is 11.3. The summed E-state index contributed by atoms with van der Waals surface area (Å²) in [6.07, 6.45) is 2.56. The molecule has 1 aromatic heterocycles. The number of nitrogens with zero attached hydrogens (tertiary/aromatic N) is 1. The van der Waals surface area contributed by atoms with Gasteiger partial charge in [0.1, 0.15) is 0 Å². The highest BCUT2D eigenvalue weighted by Crippen LogP contribution is 2.22. The van der Waals surface area contributed by atoms with Crippen LogP contribution in [0, 0.1) is 0 Å². The summed E-state index contributed by atoms with van der Waals surface area (Å²) < 4.78 is 5.58. The van der Waals surface area contributed by atoms with Crippen molar-refractivity contribution < 1.29 is 4.74 Å². The van der Waals surface area contributed by atoms with E-state index in [1.54, 1.807) is 6.20 Å². The van der Waals surface area contributed by atoms with Crippen molar-refractivity contribution >= 4 is 17.3 Å². The fourth-order valence-corrected chi connectivity index (χ4v) is 1.86. The molecule has 94 valence electrons. The van der Waals surface area contributed by atoms with Crippen LogP contribution >= 0.6 is 11.6 Å². The number of hydrogen-bond acceptors (Lipinski definition) is 3. The van der Waals surface area contributed by atoms with E-state index in [4.69, 9.17) is 22.1 Å². The molecule has 3 nitrogen and oxygen atoms in total. The molecule has 0 bridgehead atoms. The smallest absolute Gasteiger partial charge is 0.0751 e. The molecule has 2 N–H and O–H groups in total. The number of pyridine rings is 1. The van der Waals surface area contributed by atoms with Gasteiger partial charge >= 0.3 is 0 Å². The van der Waals surface area contributed by atoms with Gasteiger partial charge in [0, 0.05) is 34.6 Å². The first kappa shape index (κ1) is 12.9. The Bertz CT molecular complexity index is 482. The van der Waals surface area contributed by atoms with E-state index in [-0.39, 0.29) is 0 Å². The van der Waals surface area contributed by atoms with E-state index in [1.807, 2.05) is 36.4 Å². The molecule has 2 aromatic rings. The largest absolute Gasteiger partial charge is 0.398 e. The Hall–Kier alpha value is -1.58. The van der Waals surface area contributed by atoms with Crippen LogP contribution in [-0.4, -0.2) is 11.6 Å². The second-order valence-electron chi connectivity index (χ2n) is 3.93. The molecule has 0 fully saturated rings. The van der Waals surface area contributed by atoms with Crippen LogP contribution < -0.4 is 5.73 Å². The van der Waals surface area contributed by atoms with Crippen molar-refractivity contribution in [2.45, 2.75) is 13.0 Å². The highest BCUT2D eigenvalue weighted by molar-refractivity contribution is 6.31. The molecule has 0 aliphatic rings. The van der Waals surface area contributed by atoms with Gasteiger partial charge in [0.2, 0.25) is 0 Å². The van der Waals surface area contributed by atoms with Crippen LogP contribution in [0.4, 0.5) is 5.69 Å². The van der Waals surface area contributed by atoms with Gasteiger partial charge in [-0.2, -0.15) is 0 Å². The zero-order valence-corrected chi connectivity index (χ0v) is 10.7. The molecule has 0 radical (unpaired) electrons. The number of rotatable bonds is 5. The third-order valence-electron chi connectivity index (χ3n) is 2.63. The molecule has 0 spiro atoms. The summed E-state index contributed by atoms with van der Waals surface area (Å²) in [6.45, 7) is 1.03. The van der Waals surface area contributed by atoms with Gasteiger partial charge in [0.15, 0.2) is 0 Å². The highest BCUT2D eigenvalue weighted by atomic mass is 35.5. The lowest BCUT2D eigenvalue weighted by molar-refractivity contribution is 0.124. The Morgan fingerprint density at radius 2 is 2.06 bits per heavy atom. The third-order valence-corrected chi connectivity index (χ3v) is 2.98. The third kappa shape index (κ3) is 3.45. The molecule has 0 amide bonds. The molecule has 0 unspecified atom stereocenters. The van der Waals surface area contributed by atoms with E-state index in [9.17, 15) is 0 Å². The van der Waals surface area contributed by atoms with Crippen LogP contribution in [0.2, 0.25) is 5.02 Å². The molecule has 18 heavy (non-hydrogen) atoms. The van der Waals surface area contributed by atoms with Gasteiger partial charge in [-0.05, 0) is 24.3 Å². The van der Waals surface area contributed by atoms with Crippen molar-refractivity contribution in [3.05, 3.63) is 58.9 Å². The maximum atomic E-state index is 6.05. The minimum absolute atomic E-state index is 0.429. The number of aromatic nitrogens is 1. The summed E-state index contributed by atoms with van der Waals surface area (Å²) in [7, 11) is 0. The Kier molecular flexibility index (Phi) is 4.56. The highest BCUT2D eigenvalue weighted by Gasteiger charge is 2.04. The van der Waals surface area contributed by atoms with E-state index in [0.717, 1.165) is 17.7 Å². The topological polar surface area (TPSA) is 48.1 Å². The van der Waals surface area contributed by atoms with Crippen LogP contribution in [0.25, 0.3) is 0 Å². The van der Waals surface area contributed by atoms with Crippen LogP contribution in [0.5, 0.6) is 0 Å². The van der Waals surface area contributed by atoms with Gasteiger partial charge < -0.3 is 10.5 Å².